The third-order valence-corrected chi connectivity index (χ3v) is 3.33. The number of furan rings is 1. The molecule has 4 nitrogen and oxygen atoms in total. The first-order valence-electron chi connectivity index (χ1n) is 6.50. The second-order valence-electron chi connectivity index (χ2n) is 4.90. The summed E-state index contributed by atoms with van der Waals surface area (Å²) >= 11 is 0. The normalized spacial score (nSPS) is 14.4. The van der Waals surface area contributed by atoms with Gasteiger partial charge in [-0.15, -0.1) is 0 Å². The molecular weight excluding hydrogens is 240 g/mol. The Kier molecular flexibility index (Phi) is 3.07. The van der Waals surface area contributed by atoms with Crippen LogP contribution in [-0.2, 0) is 6.54 Å². The molecule has 0 spiro atoms. The SMILES string of the molecule is CC(=O)c1ccc(N(Cc2ccco2)C2CC2)cn1. The van der Waals surface area contributed by atoms with E-state index in [1.807, 2.05) is 18.2 Å². The fraction of sp³-hybridized carbons (Fsp3) is 0.333. The lowest BCUT2D eigenvalue weighted by molar-refractivity contribution is 0.101. The second kappa shape index (κ2) is 4.88. The average molecular weight is 256 g/mol. The van der Waals surface area contributed by atoms with Crippen LogP contribution in [0.1, 0.15) is 36.0 Å². The highest BCUT2D eigenvalue weighted by Crippen LogP contribution is 2.32. The summed E-state index contributed by atoms with van der Waals surface area (Å²) in [5, 5.41) is 0. The highest BCUT2D eigenvalue weighted by Gasteiger charge is 2.30. The molecule has 0 unspecified atom stereocenters. The van der Waals surface area contributed by atoms with Crippen molar-refractivity contribution in [3.8, 4) is 0 Å². The molecule has 0 saturated heterocycles. The minimum absolute atomic E-state index is 0.00411. The Hall–Kier alpha value is -2.10. The van der Waals surface area contributed by atoms with Gasteiger partial charge in [0.25, 0.3) is 0 Å². The first-order chi connectivity index (χ1) is 9.24. The number of pyridine rings is 1. The van der Waals surface area contributed by atoms with Gasteiger partial charge in [-0.25, -0.2) is 0 Å². The molecule has 4 heteroatoms. The number of rotatable bonds is 5. The van der Waals surface area contributed by atoms with Gasteiger partial charge in [0.1, 0.15) is 11.5 Å². The predicted octanol–water partition coefficient (Wildman–Crippen LogP) is 3.05. The largest absolute Gasteiger partial charge is 0.467 e. The van der Waals surface area contributed by atoms with Crippen molar-refractivity contribution in [1.82, 2.24) is 4.98 Å². The molecule has 1 fully saturated rings. The van der Waals surface area contributed by atoms with E-state index in [0.717, 1.165) is 18.0 Å². The molecule has 0 aromatic carbocycles. The Bertz CT molecular complexity index is 556. The van der Waals surface area contributed by atoms with Crippen LogP contribution in [0.5, 0.6) is 0 Å². The summed E-state index contributed by atoms with van der Waals surface area (Å²) in [7, 11) is 0. The van der Waals surface area contributed by atoms with Crippen LogP contribution in [-0.4, -0.2) is 16.8 Å². The van der Waals surface area contributed by atoms with Crippen LogP contribution in [0.4, 0.5) is 5.69 Å². The van der Waals surface area contributed by atoms with Crippen LogP contribution in [0.2, 0.25) is 0 Å². The van der Waals surface area contributed by atoms with Crippen LogP contribution < -0.4 is 4.90 Å². The minimum atomic E-state index is -0.00411. The number of carbonyl (C=O) groups excluding carboxylic acids is 1. The van der Waals surface area contributed by atoms with E-state index in [0.29, 0.717) is 11.7 Å². The molecule has 0 radical (unpaired) electrons. The number of carbonyl (C=O) groups is 1. The van der Waals surface area contributed by atoms with Gasteiger partial charge in [-0.2, -0.15) is 0 Å². The van der Waals surface area contributed by atoms with Crippen molar-refractivity contribution in [1.29, 1.82) is 0 Å². The lowest BCUT2D eigenvalue weighted by Crippen LogP contribution is -2.25. The summed E-state index contributed by atoms with van der Waals surface area (Å²) < 4.78 is 5.41. The highest BCUT2D eigenvalue weighted by atomic mass is 16.3. The Morgan fingerprint density at radius 2 is 2.26 bits per heavy atom. The molecule has 2 heterocycles. The van der Waals surface area contributed by atoms with E-state index in [4.69, 9.17) is 4.42 Å². The number of nitrogens with zero attached hydrogens (tertiary/aromatic N) is 2. The zero-order chi connectivity index (χ0) is 13.2. The molecule has 2 aromatic rings. The Balaban J connectivity index is 1.81. The van der Waals surface area contributed by atoms with Gasteiger partial charge in [-0.05, 0) is 37.1 Å². The Morgan fingerprint density at radius 1 is 1.42 bits per heavy atom. The fourth-order valence-electron chi connectivity index (χ4n) is 2.15. The smallest absolute Gasteiger partial charge is 0.178 e. The van der Waals surface area contributed by atoms with Crippen LogP contribution in [0.15, 0.2) is 41.1 Å². The van der Waals surface area contributed by atoms with Crippen molar-refractivity contribution in [2.45, 2.75) is 32.4 Å². The highest BCUT2D eigenvalue weighted by molar-refractivity contribution is 5.92. The maximum absolute atomic E-state index is 11.2. The molecule has 0 atom stereocenters. The third kappa shape index (κ3) is 2.67. The van der Waals surface area contributed by atoms with Gasteiger partial charge in [0.15, 0.2) is 5.78 Å². The Morgan fingerprint density at radius 3 is 2.79 bits per heavy atom. The number of anilines is 1. The minimum Gasteiger partial charge on any atom is -0.467 e. The fourth-order valence-corrected chi connectivity index (χ4v) is 2.15. The van der Waals surface area contributed by atoms with E-state index < -0.39 is 0 Å². The van der Waals surface area contributed by atoms with Crippen LogP contribution >= 0.6 is 0 Å². The van der Waals surface area contributed by atoms with Gasteiger partial charge in [0.2, 0.25) is 0 Å². The summed E-state index contributed by atoms with van der Waals surface area (Å²) in [4.78, 5) is 17.7. The van der Waals surface area contributed by atoms with Crippen molar-refractivity contribution in [2.75, 3.05) is 4.90 Å². The monoisotopic (exact) mass is 256 g/mol. The van der Waals surface area contributed by atoms with E-state index >= 15 is 0 Å². The molecule has 3 rings (SSSR count). The first-order valence-corrected chi connectivity index (χ1v) is 6.50. The molecular formula is C15H16N2O2. The second-order valence-corrected chi connectivity index (χ2v) is 4.90. The molecule has 0 N–H and O–H groups in total. The lowest BCUT2D eigenvalue weighted by Gasteiger charge is -2.23. The van der Waals surface area contributed by atoms with Crippen molar-refractivity contribution >= 4 is 11.5 Å². The molecule has 0 bridgehead atoms. The van der Waals surface area contributed by atoms with E-state index in [1.54, 1.807) is 18.5 Å². The number of hydrogen-bond donors (Lipinski definition) is 0. The van der Waals surface area contributed by atoms with E-state index in [9.17, 15) is 4.79 Å². The molecule has 0 amide bonds. The third-order valence-electron chi connectivity index (χ3n) is 3.33. The van der Waals surface area contributed by atoms with Crippen LogP contribution in [0, 0.1) is 0 Å². The lowest BCUT2D eigenvalue weighted by atomic mass is 10.2. The van der Waals surface area contributed by atoms with Gasteiger partial charge >= 0.3 is 0 Å². The molecule has 1 saturated carbocycles. The first kappa shape index (κ1) is 12.0. The van der Waals surface area contributed by atoms with Gasteiger partial charge in [0, 0.05) is 13.0 Å². The van der Waals surface area contributed by atoms with Crippen molar-refractivity contribution in [2.24, 2.45) is 0 Å². The maximum atomic E-state index is 11.2. The van der Waals surface area contributed by atoms with Gasteiger partial charge in [-0.3, -0.25) is 9.78 Å². The van der Waals surface area contributed by atoms with Crippen molar-refractivity contribution < 1.29 is 9.21 Å². The molecule has 2 aromatic heterocycles. The van der Waals surface area contributed by atoms with Gasteiger partial charge < -0.3 is 9.32 Å². The zero-order valence-electron chi connectivity index (χ0n) is 10.9. The van der Waals surface area contributed by atoms with E-state index in [-0.39, 0.29) is 5.78 Å². The standard InChI is InChI=1S/C15H16N2O2/c1-11(18)15-7-6-13(9-16-15)17(12-4-5-12)10-14-3-2-8-19-14/h2-3,6-9,12H,4-5,10H2,1H3. The summed E-state index contributed by atoms with van der Waals surface area (Å²) in [6, 6.07) is 8.19. The molecule has 19 heavy (non-hydrogen) atoms. The van der Waals surface area contributed by atoms with E-state index in [2.05, 4.69) is 9.88 Å². The molecule has 1 aliphatic carbocycles. The van der Waals surface area contributed by atoms with Crippen molar-refractivity contribution in [3.63, 3.8) is 0 Å². The Labute approximate surface area is 112 Å². The summed E-state index contributed by atoms with van der Waals surface area (Å²) in [6.07, 6.45) is 5.87. The molecule has 98 valence electrons. The van der Waals surface area contributed by atoms with Crippen molar-refractivity contribution in [3.05, 3.63) is 48.2 Å². The number of ketones is 1. The number of Topliss-reactive ketones (excluding diaryl/α,β-unsaturated/α-hetero) is 1. The number of aromatic nitrogens is 1. The van der Waals surface area contributed by atoms with Crippen LogP contribution in [0.25, 0.3) is 0 Å². The molecule has 1 aliphatic rings. The maximum Gasteiger partial charge on any atom is 0.178 e. The summed E-state index contributed by atoms with van der Waals surface area (Å²) in [6.45, 7) is 2.28. The zero-order valence-corrected chi connectivity index (χ0v) is 10.9. The summed E-state index contributed by atoms with van der Waals surface area (Å²) in [5.74, 6) is 0.943. The predicted molar refractivity (Wildman–Crippen MR) is 72.2 cm³/mol. The van der Waals surface area contributed by atoms with E-state index in [1.165, 1.54) is 19.8 Å². The molecule has 0 aliphatic heterocycles. The number of hydrogen-bond acceptors (Lipinski definition) is 4. The van der Waals surface area contributed by atoms with Gasteiger partial charge in [-0.1, -0.05) is 0 Å². The quantitative estimate of drug-likeness (QED) is 0.771. The average Bonchev–Trinajstić information content (AvgIpc) is 3.13. The summed E-state index contributed by atoms with van der Waals surface area (Å²) in [5.41, 5.74) is 1.56. The topological polar surface area (TPSA) is 46.3 Å². The van der Waals surface area contributed by atoms with Gasteiger partial charge in [0.05, 0.1) is 24.7 Å². The van der Waals surface area contributed by atoms with Crippen LogP contribution in [0.3, 0.4) is 0 Å².